The maximum Gasteiger partial charge on any atom is 0.0499 e. The van der Waals surface area contributed by atoms with Crippen LogP contribution in [-0.4, -0.2) is 23.4 Å². The SMILES string of the molecule is CC1CN(C(C)S)C1. The average molecular weight is 131 g/mol. The predicted octanol–water partition coefficient (Wildman–Crippen LogP) is 1.21. The molecule has 0 N–H and O–H groups in total. The molecule has 0 bridgehead atoms. The molecule has 1 unspecified atom stereocenters. The maximum absolute atomic E-state index is 4.29. The molecular formula is C6H13NS. The van der Waals surface area contributed by atoms with E-state index in [0.717, 1.165) is 5.92 Å². The van der Waals surface area contributed by atoms with E-state index >= 15 is 0 Å². The van der Waals surface area contributed by atoms with Crippen LogP contribution in [0.3, 0.4) is 0 Å². The summed E-state index contributed by atoms with van der Waals surface area (Å²) in [6.07, 6.45) is 0. The highest BCUT2D eigenvalue weighted by atomic mass is 32.1. The van der Waals surface area contributed by atoms with Crippen molar-refractivity contribution >= 4 is 12.6 Å². The Balaban J connectivity index is 2.15. The van der Waals surface area contributed by atoms with Crippen molar-refractivity contribution in [1.82, 2.24) is 4.90 Å². The molecule has 0 amide bonds. The number of hydrogen-bond donors (Lipinski definition) is 1. The van der Waals surface area contributed by atoms with Crippen molar-refractivity contribution in [3.63, 3.8) is 0 Å². The molecule has 0 radical (unpaired) electrons. The number of hydrogen-bond acceptors (Lipinski definition) is 2. The predicted molar refractivity (Wildman–Crippen MR) is 39.2 cm³/mol. The third-order valence-corrected chi connectivity index (χ3v) is 1.95. The van der Waals surface area contributed by atoms with Crippen LogP contribution in [0.1, 0.15) is 13.8 Å². The van der Waals surface area contributed by atoms with Gasteiger partial charge in [-0.3, -0.25) is 4.90 Å². The van der Waals surface area contributed by atoms with Crippen molar-refractivity contribution in [2.75, 3.05) is 13.1 Å². The van der Waals surface area contributed by atoms with Crippen LogP contribution >= 0.6 is 12.6 Å². The van der Waals surface area contributed by atoms with Crippen LogP contribution in [0.15, 0.2) is 0 Å². The summed E-state index contributed by atoms with van der Waals surface area (Å²) in [5.74, 6) is 0.907. The molecule has 2 heteroatoms. The standard InChI is InChI=1S/C6H13NS/c1-5-3-7(4-5)6(2)8/h5-6,8H,3-4H2,1-2H3. The van der Waals surface area contributed by atoms with E-state index in [4.69, 9.17) is 0 Å². The highest BCUT2D eigenvalue weighted by Gasteiger charge is 2.24. The van der Waals surface area contributed by atoms with Crippen LogP contribution in [0.25, 0.3) is 0 Å². The normalized spacial score (nSPS) is 27.4. The molecule has 1 rings (SSSR count). The Morgan fingerprint density at radius 2 is 2.12 bits per heavy atom. The molecule has 0 aromatic carbocycles. The summed E-state index contributed by atoms with van der Waals surface area (Å²) >= 11 is 4.29. The minimum absolute atomic E-state index is 0.464. The second-order valence-electron chi connectivity index (χ2n) is 2.69. The van der Waals surface area contributed by atoms with Gasteiger partial charge in [0.2, 0.25) is 0 Å². The second-order valence-corrected chi connectivity index (χ2v) is 3.44. The van der Waals surface area contributed by atoms with Gasteiger partial charge in [0.15, 0.2) is 0 Å². The first-order valence-electron chi connectivity index (χ1n) is 3.12. The molecule has 0 spiro atoms. The van der Waals surface area contributed by atoms with E-state index in [2.05, 4.69) is 31.4 Å². The highest BCUT2D eigenvalue weighted by Crippen LogP contribution is 2.18. The first kappa shape index (κ1) is 6.43. The van der Waals surface area contributed by atoms with Crippen molar-refractivity contribution < 1.29 is 0 Å². The summed E-state index contributed by atoms with van der Waals surface area (Å²) in [5.41, 5.74) is 0. The molecule has 0 aromatic rings. The Bertz CT molecular complexity index is 76.6. The lowest BCUT2D eigenvalue weighted by Gasteiger charge is -2.39. The first-order valence-corrected chi connectivity index (χ1v) is 3.64. The third-order valence-electron chi connectivity index (χ3n) is 1.62. The van der Waals surface area contributed by atoms with Crippen molar-refractivity contribution in [2.24, 2.45) is 5.92 Å². The Kier molecular flexibility index (Phi) is 1.83. The number of nitrogens with zero attached hydrogens (tertiary/aromatic N) is 1. The van der Waals surface area contributed by atoms with E-state index in [-0.39, 0.29) is 0 Å². The van der Waals surface area contributed by atoms with Crippen LogP contribution in [0.4, 0.5) is 0 Å². The summed E-state index contributed by atoms with van der Waals surface area (Å²) < 4.78 is 0. The van der Waals surface area contributed by atoms with Crippen LogP contribution in [0, 0.1) is 5.92 Å². The molecule has 0 saturated carbocycles. The van der Waals surface area contributed by atoms with Gasteiger partial charge >= 0.3 is 0 Å². The lowest BCUT2D eigenvalue weighted by Crippen LogP contribution is -2.47. The summed E-state index contributed by atoms with van der Waals surface area (Å²) in [4.78, 5) is 2.35. The van der Waals surface area contributed by atoms with Gasteiger partial charge in [-0.05, 0) is 12.8 Å². The van der Waals surface area contributed by atoms with Crippen molar-refractivity contribution in [2.45, 2.75) is 19.2 Å². The summed E-state index contributed by atoms with van der Waals surface area (Å²) in [5, 5.41) is 0.464. The lowest BCUT2D eigenvalue weighted by atomic mass is 10.0. The van der Waals surface area contributed by atoms with Gasteiger partial charge in [-0.25, -0.2) is 0 Å². The fourth-order valence-electron chi connectivity index (χ4n) is 1.05. The molecule has 8 heavy (non-hydrogen) atoms. The van der Waals surface area contributed by atoms with Crippen LogP contribution in [-0.2, 0) is 0 Å². The number of likely N-dealkylation sites (tertiary alicyclic amines) is 1. The van der Waals surface area contributed by atoms with Gasteiger partial charge in [-0.15, -0.1) is 0 Å². The Morgan fingerprint density at radius 1 is 1.62 bits per heavy atom. The molecule has 1 fully saturated rings. The van der Waals surface area contributed by atoms with Gasteiger partial charge < -0.3 is 0 Å². The van der Waals surface area contributed by atoms with Gasteiger partial charge in [0.1, 0.15) is 0 Å². The van der Waals surface area contributed by atoms with E-state index < -0.39 is 0 Å². The van der Waals surface area contributed by atoms with Crippen molar-refractivity contribution in [1.29, 1.82) is 0 Å². The molecule has 48 valence electrons. The molecule has 1 nitrogen and oxygen atoms in total. The zero-order valence-corrected chi connectivity index (χ0v) is 6.36. The second kappa shape index (κ2) is 2.28. The largest absolute Gasteiger partial charge is 0.291 e. The molecule has 1 saturated heterocycles. The maximum atomic E-state index is 4.29. The van der Waals surface area contributed by atoms with Crippen molar-refractivity contribution in [3.8, 4) is 0 Å². The van der Waals surface area contributed by atoms with Gasteiger partial charge in [0.25, 0.3) is 0 Å². The van der Waals surface area contributed by atoms with E-state index in [9.17, 15) is 0 Å². The quantitative estimate of drug-likeness (QED) is 0.524. The molecule has 1 aliphatic rings. The Labute approximate surface area is 56.5 Å². The van der Waals surface area contributed by atoms with Gasteiger partial charge in [0.05, 0.1) is 0 Å². The average Bonchev–Trinajstić information content (AvgIpc) is 1.57. The fourth-order valence-corrected chi connectivity index (χ4v) is 1.24. The number of rotatable bonds is 1. The molecule has 1 heterocycles. The van der Waals surface area contributed by atoms with Crippen molar-refractivity contribution in [3.05, 3.63) is 0 Å². The van der Waals surface area contributed by atoms with E-state index in [1.54, 1.807) is 0 Å². The monoisotopic (exact) mass is 131 g/mol. The van der Waals surface area contributed by atoms with Gasteiger partial charge in [-0.1, -0.05) is 6.92 Å². The molecular weight excluding hydrogens is 118 g/mol. The molecule has 0 aromatic heterocycles. The third kappa shape index (κ3) is 1.17. The fraction of sp³-hybridized carbons (Fsp3) is 1.00. The Morgan fingerprint density at radius 3 is 2.25 bits per heavy atom. The van der Waals surface area contributed by atoms with E-state index in [0.29, 0.717) is 5.37 Å². The summed E-state index contributed by atoms with van der Waals surface area (Å²) in [6, 6.07) is 0. The van der Waals surface area contributed by atoms with Crippen LogP contribution in [0.5, 0.6) is 0 Å². The summed E-state index contributed by atoms with van der Waals surface area (Å²) in [7, 11) is 0. The zero-order valence-electron chi connectivity index (χ0n) is 5.46. The number of thiol groups is 1. The van der Waals surface area contributed by atoms with E-state index in [1.807, 2.05) is 0 Å². The zero-order chi connectivity index (χ0) is 6.15. The first-order chi connectivity index (χ1) is 3.70. The molecule has 1 aliphatic heterocycles. The minimum Gasteiger partial charge on any atom is -0.291 e. The smallest absolute Gasteiger partial charge is 0.0499 e. The molecule has 0 aliphatic carbocycles. The van der Waals surface area contributed by atoms with Crippen LogP contribution < -0.4 is 0 Å². The highest BCUT2D eigenvalue weighted by molar-refractivity contribution is 7.80. The minimum atomic E-state index is 0.464. The molecule has 1 atom stereocenters. The lowest BCUT2D eigenvalue weighted by molar-refractivity contribution is 0.108. The summed E-state index contributed by atoms with van der Waals surface area (Å²) in [6.45, 7) is 6.87. The van der Waals surface area contributed by atoms with Crippen LogP contribution in [0.2, 0.25) is 0 Å². The Hall–Kier alpha value is 0.310. The van der Waals surface area contributed by atoms with E-state index in [1.165, 1.54) is 13.1 Å². The topological polar surface area (TPSA) is 3.24 Å². The van der Waals surface area contributed by atoms with Gasteiger partial charge in [0, 0.05) is 18.5 Å². The van der Waals surface area contributed by atoms with Gasteiger partial charge in [-0.2, -0.15) is 12.6 Å².